The Morgan fingerprint density at radius 3 is 2.81 bits per heavy atom. The molecule has 0 atom stereocenters. The van der Waals surface area contributed by atoms with Gasteiger partial charge in [0.05, 0.1) is 17.7 Å². The Bertz CT molecular complexity index is 1000. The van der Waals surface area contributed by atoms with Gasteiger partial charge in [0.2, 0.25) is 5.69 Å². The Morgan fingerprint density at radius 2 is 2.11 bits per heavy atom. The van der Waals surface area contributed by atoms with Gasteiger partial charge >= 0.3 is 5.69 Å². The number of halogens is 1. The summed E-state index contributed by atoms with van der Waals surface area (Å²) in [7, 11) is 0. The number of benzene rings is 1. The second-order valence-corrected chi connectivity index (χ2v) is 6.34. The van der Waals surface area contributed by atoms with E-state index in [1.807, 2.05) is 24.3 Å². The summed E-state index contributed by atoms with van der Waals surface area (Å²) < 4.78 is 2.23. The van der Waals surface area contributed by atoms with Crippen LogP contribution in [0.4, 0.5) is 5.69 Å². The van der Waals surface area contributed by atoms with E-state index in [1.165, 1.54) is 17.1 Å². The molecule has 1 N–H and O–H groups in total. The fourth-order valence-corrected chi connectivity index (χ4v) is 2.72. The van der Waals surface area contributed by atoms with E-state index in [2.05, 4.69) is 36.5 Å². The molecule has 3 rings (SSSR count). The number of carbonyl (C=O) groups is 1. The van der Waals surface area contributed by atoms with Gasteiger partial charge in [-0.25, -0.2) is 5.43 Å². The third kappa shape index (κ3) is 4.82. The molecule has 2 heterocycles. The number of hydrogen-bond acceptors (Lipinski definition) is 6. The molecule has 0 fully saturated rings. The van der Waals surface area contributed by atoms with Crippen molar-refractivity contribution in [2.75, 3.05) is 0 Å². The molecular weight excluding hydrogens is 416 g/mol. The minimum Gasteiger partial charge on any atom is -0.265 e. The highest BCUT2D eigenvalue weighted by Gasteiger charge is 2.25. The maximum absolute atomic E-state index is 12.3. The maximum Gasteiger partial charge on any atom is 0.320 e. The summed E-state index contributed by atoms with van der Waals surface area (Å²) in [5.41, 5.74) is 3.16. The fraction of sp³-hybridized carbons (Fsp3) is 0.0588. The molecule has 0 radical (unpaired) electrons. The van der Waals surface area contributed by atoms with E-state index < -0.39 is 10.8 Å². The van der Waals surface area contributed by atoms with Crippen molar-refractivity contribution in [2.24, 2.45) is 5.10 Å². The van der Waals surface area contributed by atoms with E-state index >= 15 is 0 Å². The SMILES string of the molecule is O=C(NN=Cc1ccncc1)c1nn(Cc2cccc(Br)c2)cc1[N+](=O)[O-]. The first-order valence-corrected chi connectivity index (χ1v) is 8.52. The van der Waals surface area contributed by atoms with Gasteiger partial charge in [-0.15, -0.1) is 0 Å². The monoisotopic (exact) mass is 428 g/mol. The highest BCUT2D eigenvalue weighted by atomic mass is 79.9. The number of rotatable bonds is 6. The van der Waals surface area contributed by atoms with Crippen LogP contribution in [0.5, 0.6) is 0 Å². The van der Waals surface area contributed by atoms with Crippen molar-refractivity contribution >= 4 is 33.7 Å². The number of nitrogens with zero attached hydrogens (tertiary/aromatic N) is 5. The molecule has 27 heavy (non-hydrogen) atoms. The summed E-state index contributed by atoms with van der Waals surface area (Å²) in [6.45, 7) is 0.286. The molecule has 10 heteroatoms. The van der Waals surface area contributed by atoms with Crippen molar-refractivity contribution in [1.29, 1.82) is 0 Å². The van der Waals surface area contributed by atoms with Gasteiger partial charge < -0.3 is 0 Å². The predicted molar refractivity (Wildman–Crippen MR) is 101 cm³/mol. The molecule has 0 saturated heterocycles. The van der Waals surface area contributed by atoms with Gasteiger partial charge in [-0.3, -0.25) is 24.6 Å². The molecular formula is C17H13BrN6O3. The number of hydrogen-bond donors (Lipinski definition) is 1. The maximum atomic E-state index is 12.3. The van der Waals surface area contributed by atoms with Crippen LogP contribution in [-0.2, 0) is 6.54 Å². The standard InChI is InChI=1S/C17H13BrN6O3/c18-14-3-1-2-13(8-14)10-23-11-15(24(26)27)16(22-23)17(25)21-20-9-12-4-6-19-7-5-12/h1-9,11H,10H2,(H,21,25). The summed E-state index contributed by atoms with van der Waals surface area (Å²) >= 11 is 3.37. The molecule has 1 aromatic carbocycles. The first-order chi connectivity index (χ1) is 13.0. The highest BCUT2D eigenvalue weighted by molar-refractivity contribution is 9.10. The van der Waals surface area contributed by atoms with E-state index in [4.69, 9.17) is 0 Å². The zero-order valence-corrected chi connectivity index (χ0v) is 15.4. The molecule has 9 nitrogen and oxygen atoms in total. The van der Waals surface area contributed by atoms with Gasteiger partial charge in [-0.1, -0.05) is 28.1 Å². The number of nitrogens with one attached hydrogen (secondary N) is 1. The van der Waals surface area contributed by atoms with Crippen LogP contribution in [0.1, 0.15) is 21.6 Å². The third-order valence-corrected chi connectivity index (χ3v) is 3.97. The Hall–Kier alpha value is -3.40. The van der Waals surface area contributed by atoms with Crippen LogP contribution in [0.2, 0.25) is 0 Å². The number of pyridine rings is 1. The topological polar surface area (TPSA) is 115 Å². The summed E-state index contributed by atoms with van der Waals surface area (Å²) in [6, 6.07) is 10.8. The number of aromatic nitrogens is 3. The normalized spacial score (nSPS) is 10.9. The van der Waals surface area contributed by atoms with Crippen molar-refractivity contribution in [3.63, 3.8) is 0 Å². The van der Waals surface area contributed by atoms with E-state index in [-0.39, 0.29) is 17.9 Å². The van der Waals surface area contributed by atoms with Crippen LogP contribution in [0.15, 0.2) is 64.6 Å². The van der Waals surface area contributed by atoms with Crippen LogP contribution < -0.4 is 5.43 Å². The minimum absolute atomic E-state index is 0.286. The second-order valence-electron chi connectivity index (χ2n) is 5.43. The zero-order chi connectivity index (χ0) is 19.2. The van der Waals surface area contributed by atoms with Crippen LogP contribution in [0.25, 0.3) is 0 Å². The molecule has 136 valence electrons. The lowest BCUT2D eigenvalue weighted by molar-refractivity contribution is -0.385. The molecule has 1 amide bonds. The molecule has 0 saturated carbocycles. The van der Waals surface area contributed by atoms with Gasteiger partial charge in [0.15, 0.2) is 0 Å². The Labute approximate surface area is 162 Å². The van der Waals surface area contributed by atoms with Crippen LogP contribution in [0.3, 0.4) is 0 Å². The average molecular weight is 429 g/mol. The van der Waals surface area contributed by atoms with Gasteiger partial charge in [-0.05, 0) is 35.4 Å². The lowest BCUT2D eigenvalue weighted by atomic mass is 10.2. The molecule has 0 bridgehead atoms. The van der Waals surface area contributed by atoms with E-state index in [1.54, 1.807) is 24.5 Å². The van der Waals surface area contributed by atoms with Crippen LogP contribution in [-0.4, -0.2) is 31.8 Å². The number of amides is 1. The van der Waals surface area contributed by atoms with E-state index in [9.17, 15) is 14.9 Å². The summed E-state index contributed by atoms with van der Waals surface area (Å²) in [6.07, 6.45) is 5.79. The summed E-state index contributed by atoms with van der Waals surface area (Å²) in [5, 5.41) is 19.1. The van der Waals surface area contributed by atoms with Crippen LogP contribution >= 0.6 is 15.9 Å². The van der Waals surface area contributed by atoms with Crippen LogP contribution in [0, 0.1) is 10.1 Å². The van der Waals surface area contributed by atoms with Crippen molar-refractivity contribution in [2.45, 2.75) is 6.54 Å². The predicted octanol–water partition coefficient (Wildman–Crippen LogP) is 2.76. The first kappa shape index (κ1) is 18.4. The number of hydrazone groups is 1. The van der Waals surface area contributed by atoms with Gasteiger partial charge in [0.1, 0.15) is 6.20 Å². The Balaban J connectivity index is 1.77. The first-order valence-electron chi connectivity index (χ1n) is 7.72. The van der Waals surface area contributed by atoms with Crippen molar-refractivity contribution in [3.8, 4) is 0 Å². The smallest absolute Gasteiger partial charge is 0.265 e. The zero-order valence-electron chi connectivity index (χ0n) is 13.8. The molecule has 0 unspecified atom stereocenters. The molecule has 0 aliphatic rings. The third-order valence-electron chi connectivity index (χ3n) is 3.47. The van der Waals surface area contributed by atoms with Gasteiger partial charge in [0.25, 0.3) is 5.91 Å². The molecule has 3 aromatic rings. The fourth-order valence-electron chi connectivity index (χ4n) is 2.28. The number of carbonyl (C=O) groups excluding carboxylic acids is 1. The molecule has 0 spiro atoms. The lowest BCUT2D eigenvalue weighted by Crippen LogP contribution is -2.19. The molecule has 0 aliphatic heterocycles. The summed E-state index contributed by atoms with van der Waals surface area (Å²) in [4.78, 5) is 26.7. The molecule has 2 aromatic heterocycles. The minimum atomic E-state index is -0.764. The molecule has 0 aliphatic carbocycles. The average Bonchev–Trinajstić information content (AvgIpc) is 3.07. The Morgan fingerprint density at radius 1 is 1.33 bits per heavy atom. The largest absolute Gasteiger partial charge is 0.320 e. The quantitative estimate of drug-likeness (QED) is 0.368. The summed E-state index contributed by atoms with van der Waals surface area (Å²) in [5.74, 6) is -0.764. The lowest BCUT2D eigenvalue weighted by Gasteiger charge is -2.01. The Kier molecular flexibility index (Phi) is 5.67. The van der Waals surface area contributed by atoms with Gasteiger partial charge in [-0.2, -0.15) is 10.2 Å². The highest BCUT2D eigenvalue weighted by Crippen LogP contribution is 2.18. The van der Waals surface area contributed by atoms with Gasteiger partial charge in [0, 0.05) is 16.9 Å². The van der Waals surface area contributed by atoms with E-state index in [0.717, 1.165) is 15.6 Å². The van der Waals surface area contributed by atoms with Crippen molar-refractivity contribution < 1.29 is 9.72 Å². The van der Waals surface area contributed by atoms with Crippen molar-refractivity contribution in [3.05, 3.63) is 86.4 Å². The van der Waals surface area contributed by atoms with E-state index in [0.29, 0.717) is 0 Å². The van der Waals surface area contributed by atoms with Crippen molar-refractivity contribution in [1.82, 2.24) is 20.2 Å². The number of nitro groups is 1. The second kappa shape index (κ2) is 8.32.